The molecule has 0 bridgehead atoms. The lowest BCUT2D eigenvalue weighted by molar-refractivity contribution is 0.511. The predicted molar refractivity (Wildman–Crippen MR) is 68.1 cm³/mol. The summed E-state index contributed by atoms with van der Waals surface area (Å²) in [6.45, 7) is 4.96. The largest absolute Gasteiger partial charge is 0.301 e. The van der Waals surface area contributed by atoms with E-state index in [1.54, 1.807) is 0 Å². The van der Waals surface area contributed by atoms with E-state index in [0.29, 0.717) is 0 Å². The van der Waals surface area contributed by atoms with Gasteiger partial charge in [0, 0.05) is 17.2 Å². The molecule has 0 unspecified atom stereocenters. The third-order valence-corrected chi connectivity index (χ3v) is 3.06. The average Bonchev–Trinajstić information content (AvgIpc) is 2.26. The maximum atomic E-state index is 5.38. The van der Waals surface area contributed by atoms with Gasteiger partial charge in [0.05, 0.1) is 5.54 Å². The van der Waals surface area contributed by atoms with E-state index in [0.717, 1.165) is 12.3 Å². The lowest BCUT2D eigenvalue weighted by Gasteiger charge is -2.19. The van der Waals surface area contributed by atoms with Crippen molar-refractivity contribution in [2.75, 3.05) is 12.3 Å². The summed E-state index contributed by atoms with van der Waals surface area (Å²) >= 11 is 1.84. The zero-order valence-corrected chi connectivity index (χ0v) is 10.1. The van der Waals surface area contributed by atoms with Gasteiger partial charge >= 0.3 is 0 Å². The van der Waals surface area contributed by atoms with Gasteiger partial charge < -0.3 is 5.32 Å². The van der Waals surface area contributed by atoms with Crippen molar-refractivity contribution in [1.82, 2.24) is 5.32 Å². The molecule has 0 aliphatic rings. The van der Waals surface area contributed by atoms with Crippen LogP contribution in [0.3, 0.4) is 0 Å². The molecule has 1 aromatic carbocycles. The van der Waals surface area contributed by atoms with Crippen molar-refractivity contribution < 1.29 is 0 Å². The number of terminal acetylenes is 1. The normalized spacial score (nSPS) is 11.0. The van der Waals surface area contributed by atoms with Crippen LogP contribution in [-0.2, 0) is 0 Å². The summed E-state index contributed by atoms with van der Waals surface area (Å²) in [5.74, 6) is 3.76. The van der Waals surface area contributed by atoms with Gasteiger partial charge in [-0.2, -0.15) is 0 Å². The number of rotatable bonds is 5. The molecule has 1 aromatic rings. The molecule has 0 amide bonds. The predicted octanol–water partition coefficient (Wildman–Crippen LogP) is 2.78. The summed E-state index contributed by atoms with van der Waals surface area (Å²) in [5, 5.41) is 3.32. The summed E-state index contributed by atoms with van der Waals surface area (Å²) in [5.41, 5.74) is -0.197. The van der Waals surface area contributed by atoms with Crippen molar-refractivity contribution in [1.29, 1.82) is 0 Å². The number of thioether (sulfide) groups is 1. The van der Waals surface area contributed by atoms with Gasteiger partial charge in [-0.15, -0.1) is 18.2 Å². The molecule has 0 aromatic heterocycles. The van der Waals surface area contributed by atoms with E-state index < -0.39 is 0 Å². The monoisotopic (exact) mass is 219 g/mol. The van der Waals surface area contributed by atoms with Gasteiger partial charge in [0.25, 0.3) is 0 Å². The van der Waals surface area contributed by atoms with Gasteiger partial charge in [0.15, 0.2) is 0 Å². The fraction of sp³-hybridized carbons (Fsp3) is 0.385. The Kier molecular flexibility index (Phi) is 4.74. The molecule has 0 radical (unpaired) electrons. The summed E-state index contributed by atoms with van der Waals surface area (Å²) in [4.78, 5) is 1.30. The number of benzene rings is 1. The molecule has 0 saturated heterocycles. The van der Waals surface area contributed by atoms with Crippen LogP contribution in [0.5, 0.6) is 0 Å². The maximum absolute atomic E-state index is 5.38. The second-order valence-corrected chi connectivity index (χ2v) is 5.03. The fourth-order valence-electron chi connectivity index (χ4n) is 1.10. The SMILES string of the molecule is C#CC(C)(C)NCCSc1ccccc1. The number of hydrogen-bond donors (Lipinski definition) is 1. The molecule has 0 fully saturated rings. The summed E-state index contributed by atoms with van der Waals surface area (Å²) in [7, 11) is 0. The Labute approximate surface area is 96.7 Å². The van der Waals surface area contributed by atoms with Crippen LogP contribution >= 0.6 is 11.8 Å². The van der Waals surface area contributed by atoms with Crippen molar-refractivity contribution in [2.24, 2.45) is 0 Å². The van der Waals surface area contributed by atoms with Crippen LogP contribution in [0, 0.1) is 12.3 Å². The molecule has 2 heteroatoms. The first-order valence-electron chi connectivity index (χ1n) is 5.05. The first-order valence-corrected chi connectivity index (χ1v) is 6.03. The van der Waals surface area contributed by atoms with Gasteiger partial charge in [0.1, 0.15) is 0 Å². The van der Waals surface area contributed by atoms with Crippen molar-refractivity contribution in [3.63, 3.8) is 0 Å². The van der Waals surface area contributed by atoms with Crippen LogP contribution in [0.25, 0.3) is 0 Å². The molecule has 1 nitrogen and oxygen atoms in total. The third kappa shape index (κ3) is 4.92. The highest BCUT2D eigenvalue weighted by Crippen LogP contribution is 2.16. The molecule has 0 atom stereocenters. The maximum Gasteiger partial charge on any atom is 0.0741 e. The standard InChI is InChI=1S/C13H17NS/c1-4-13(2,3)14-10-11-15-12-8-6-5-7-9-12/h1,5-9,14H,10-11H2,2-3H3. The lowest BCUT2D eigenvalue weighted by atomic mass is 10.1. The zero-order valence-electron chi connectivity index (χ0n) is 9.29. The molecule has 0 heterocycles. The van der Waals surface area contributed by atoms with E-state index in [1.165, 1.54) is 4.90 Å². The first-order chi connectivity index (χ1) is 7.14. The van der Waals surface area contributed by atoms with Gasteiger partial charge in [0.2, 0.25) is 0 Å². The van der Waals surface area contributed by atoms with Gasteiger partial charge in [-0.05, 0) is 26.0 Å². The van der Waals surface area contributed by atoms with Crippen LogP contribution in [0.4, 0.5) is 0 Å². The number of nitrogens with one attached hydrogen (secondary N) is 1. The molecule has 0 saturated carbocycles. The Bertz CT molecular complexity index is 324. The molecule has 0 aliphatic carbocycles. The quantitative estimate of drug-likeness (QED) is 0.464. The van der Waals surface area contributed by atoms with Crippen molar-refractivity contribution in [3.8, 4) is 12.3 Å². The minimum atomic E-state index is -0.197. The van der Waals surface area contributed by atoms with E-state index >= 15 is 0 Å². The van der Waals surface area contributed by atoms with Crippen LogP contribution in [0.1, 0.15) is 13.8 Å². The highest BCUT2D eigenvalue weighted by atomic mass is 32.2. The van der Waals surface area contributed by atoms with Gasteiger partial charge in [-0.1, -0.05) is 24.1 Å². The molecular formula is C13H17NS. The highest BCUT2D eigenvalue weighted by molar-refractivity contribution is 7.99. The second kappa shape index (κ2) is 5.85. The van der Waals surface area contributed by atoms with Crippen molar-refractivity contribution in [2.45, 2.75) is 24.3 Å². The zero-order chi connectivity index (χ0) is 11.1. The van der Waals surface area contributed by atoms with E-state index in [1.807, 2.05) is 31.7 Å². The van der Waals surface area contributed by atoms with Crippen LogP contribution in [-0.4, -0.2) is 17.8 Å². The minimum absolute atomic E-state index is 0.197. The van der Waals surface area contributed by atoms with Crippen LogP contribution in [0.15, 0.2) is 35.2 Å². The van der Waals surface area contributed by atoms with Crippen LogP contribution in [0.2, 0.25) is 0 Å². The second-order valence-electron chi connectivity index (χ2n) is 3.86. The Morgan fingerprint density at radius 1 is 1.33 bits per heavy atom. The molecule has 80 valence electrons. The van der Waals surface area contributed by atoms with E-state index in [2.05, 4.69) is 35.5 Å². The van der Waals surface area contributed by atoms with E-state index in [9.17, 15) is 0 Å². The molecule has 0 aliphatic heterocycles. The van der Waals surface area contributed by atoms with E-state index in [4.69, 9.17) is 6.42 Å². The van der Waals surface area contributed by atoms with Crippen molar-refractivity contribution in [3.05, 3.63) is 30.3 Å². The molecule has 0 spiro atoms. The molecule has 1 N–H and O–H groups in total. The molecule has 15 heavy (non-hydrogen) atoms. The summed E-state index contributed by atoms with van der Waals surface area (Å²) < 4.78 is 0. The lowest BCUT2D eigenvalue weighted by Crippen LogP contribution is -2.38. The first kappa shape index (κ1) is 12.2. The van der Waals surface area contributed by atoms with Crippen LogP contribution < -0.4 is 5.32 Å². The topological polar surface area (TPSA) is 12.0 Å². The summed E-state index contributed by atoms with van der Waals surface area (Å²) in [6.07, 6.45) is 5.38. The van der Waals surface area contributed by atoms with Gasteiger partial charge in [-0.3, -0.25) is 0 Å². The van der Waals surface area contributed by atoms with E-state index in [-0.39, 0.29) is 5.54 Å². The number of hydrogen-bond acceptors (Lipinski definition) is 2. The van der Waals surface area contributed by atoms with Crippen molar-refractivity contribution >= 4 is 11.8 Å². The highest BCUT2D eigenvalue weighted by Gasteiger charge is 2.10. The third-order valence-electron chi connectivity index (χ3n) is 2.04. The molecular weight excluding hydrogens is 202 g/mol. The Morgan fingerprint density at radius 3 is 2.60 bits per heavy atom. The molecule has 1 rings (SSSR count). The Hall–Kier alpha value is -0.910. The minimum Gasteiger partial charge on any atom is -0.301 e. The summed E-state index contributed by atoms with van der Waals surface area (Å²) in [6, 6.07) is 10.4. The average molecular weight is 219 g/mol. The Morgan fingerprint density at radius 2 is 2.00 bits per heavy atom. The smallest absolute Gasteiger partial charge is 0.0741 e. The fourth-order valence-corrected chi connectivity index (χ4v) is 1.89. The Balaban J connectivity index is 2.21. The van der Waals surface area contributed by atoms with Gasteiger partial charge in [-0.25, -0.2) is 0 Å².